The second-order valence-corrected chi connectivity index (χ2v) is 6.74. The number of benzene rings is 2. The van der Waals surface area contributed by atoms with Gasteiger partial charge in [-0.15, -0.1) is 5.53 Å². The van der Waals surface area contributed by atoms with E-state index in [9.17, 15) is 4.79 Å². The van der Waals surface area contributed by atoms with Crippen LogP contribution in [0.2, 0.25) is 0 Å². The van der Waals surface area contributed by atoms with Gasteiger partial charge in [0.05, 0.1) is 18.5 Å². The first-order valence-electron chi connectivity index (χ1n) is 8.47. The zero-order valence-electron chi connectivity index (χ0n) is 14.9. The summed E-state index contributed by atoms with van der Waals surface area (Å²) >= 11 is 3.19. The minimum absolute atomic E-state index is 0.242. The van der Waals surface area contributed by atoms with Gasteiger partial charge in [-0.3, -0.25) is 9.80 Å². The molecule has 0 aliphatic carbocycles. The molecule has 0 radical (unpaired) electrons. The molecule has 142 valence electrons. The zero-order valence-corrected chi connectivity index (χ0v) is 16.5. The van der Waals surface area contributed by atoms with Crippen LogP contribution in [0.25, 0.3) is 5.70 Å². The van der Waals surface area contributed by atoms with Crippen molar-refractivity contribution in [1.82, 2.24) is 11.0 Å². The summed E-state index contributed by atoms with van der Waals surface area (Å²) in [7, 11) is 1.64. The number of anilines is 2. The first-order valence-corrected chi connectivity index (χ1v) is 9.26. The van der Waals surface area contributed by atoms with Gasteiger partial charge in [0.1, 0.15) is 5.75 Å². The summed E-state index contributed by atoms with van der Waals surface area (Å²) in [4.78, 5) is 12.2. The first-order chi connectivity index (χ1) is 13.6. The van der Waals surface area contributed by atoms with Gasteiger partial charge in [0, 0.05) is 17.5 Å². The van der Waals surface area contributed by atoms with E-state index in [0.29, 0.717) is 10.4 Å². The average molecular weight is 441 g/mol. The summed E-state index contributed by atoms with van der Waals surface area (Å²) in [6.45, 7) is 0. The molecule has 0 saturated carbocycles. The molecule has 0 unspecified atom stereocenters. The summed E-state index contributed by atoms with van der Waals surface area (Å²) in [5, 5.41) is 4.72. The summed E-state index contributed by atoms with van der Waals surface area (Å²) in [5.74, 6) is 0.739. The third-order valence-electron chi connectivity index (χ3n) is 4.19. The lowest BCUT2D eigenvalue weighted by molar-refractivity contribution is 0.0995. The quantitative estimate of drug-likeness (QED) is 0.553. The summed E-state index contributed by atoms with van der Waals surface area (Å²) in [6, 6.07) is 18.6. The topological polar surface area (TPSA) is 78.8 Å². The Labute approximate surface area is 170 Å². The van der Waals surface area contributed by atoms with Crippen molar-refractivity contribution in [1.29, 1.82) is 0 Å². The normalized spacial score (nSPS) is 13.1. The van der Waals surface area contributed by atoms with Crippen LogP contribution in [0.4, 0.5) is 11.4 Å². The highest BCUT2D eigenvalue weighted by molar-refractivity contribution is 9.10. The Kier molecular flexibility index (Phi) is 5.05. The van der Waals surface area contributed by atoms with Gasteiger partial charge < -0.3 is 19.9 Å². The standard InChI is InChI=1S/C20H17BrN4O3/c1-27-16-8-2-13(3-9-16)17-12-22-24-25(17)15-6-4-14(5-7-15)23-20(26)18-10-11-19(21)28-18/h2-12,22,24H,1H3,(H,23,26). The third kappa shape index (κ3) is 3.73. The number of ether oxygens (including phenoxy) is 1. The fourth-order valence-electron chi connectivity index (χ4n) is 2.79. The third-order valence-corrected chi connectivity index (χ3v) is 4.62. The van der Waals surface area contributed by atoms with Gasteiger partial charge in [0.15, 0.2) is 10.4 Å². The number of halogens is 1. The summed E-state index contributed by atoms with van der Waals surface area (Å²) < 4.78 is 11.0. The monoisotopic (exact) mass is 440 g/mol. The lowest BCUT2D eigenvalue weighted by atomic mass is 10.1. The van der Waals surface area contributed by atoms with E-state index in [1.165, 1.54) is 0 Å². The molecule has 8 heteroatoms. The van der Waals surface area contributed by atoms with E-state index in [2.05, 4.69) is 32.2 Å². The van der Waals surface area contributed by atoms with E-state index in [4.69, 9.17) is 9.15 Å². The van der Waals surface area contributed by atoms with Gasteiger partial charge in [0.2, 0.25) is 0 Å². The van der Waals surface area contributed by atoms with Gasteiger partial charge in [-0.2, -0.15) is 0 Å². The van der Waals surface area contributed by atoms with Crippen LogP contribution in [-0.4, -0.2) is 13.0 Å². The number of hydrazine groups is 2. The Morgan fingerprint density at radius 3 is 2.46 bits per heavy atom. The molecule has 0 atom stereocenters. The number of rotatable bonds is 5. The van der Waals surface area contributed by atoms with E-state index in [-0.39, 0.29) is 11.7 Å². The van der Waals surface area contributed by atoms with Crippen LogP contribution < -0.4 is 26.0 Å². The highest BCUT2D eigenvalue weighted by atomic mass is 79.9. The Morgan fingerprint density at radius 1 is 1.07 bits per heavy atom. The lowest BCUT2D eigenvalue weighted by Crippen LogP contribution is -2.37. The van der Waals surface area contributed by atoms with Crippen molar-refractivity contribution in [3.05, 3.63) is 82.9 Å². The Balaban J connectivity index is 1.48. The molecule has 1 aliphatic heterocycles. The average Bonchev–Trinajstić information content (AvgIpc) is 3.38. The molecule has 2 heterocycles. The summed E-state index contributed by atoms with van der Waals surface area (Å²) in [5.41, 5.74) is 9.67. The fraction of sp³-hybridized carbons (Fsp3) is 0.0500. The van der Waals surface area contributed by atoms with E-state index in [1.54, 1.807) is 19.2 Å². The van der Waals surface area contributed by atoms with Gasteiger partial charge in [-0.1, -0.05) is 0 Å². The number of nitrogens with one attached hydrogen (secondary N) is 3. The second-order valence-electron chi connectivity index (χ2n) is 5.95. The minimum Gasteiger partial charge on any atom is -0.497 e. The number of carbonyl (C=O) groups excluding carboxylic acids is 1. The van der Waals surface area contributed by atoms with Gasteiger partial charge in [-0.05, 0) is 76.6 Å². The first kappa shape index (κ1) is 18.1. The van der Waals surface area contributed by atoms with E-state index >= 15 is 0 Å². The molecule has 2 aromatic carbocycles. The molecule has 28 heavy (non-hydrogen) atoms. The molecule has 7 nitrogen and oxygen atoms in total. The number of amides is 1. The summed E-state index contributed by atoms with van der Waals surface area (Å²) in [6.07, 6.45) is 1.88. The predicted octanol–water partition coefficient (Wildman–Crippen LogP) is 4.13. The maximum Gasteiger partial charge on any atom is 0.291 e. The molecule has 1 aromatic heterocycles. The number of hydrogen-bond acceptors (Lipinski definition) is 6. The van der Waals surface area contributed by atoms with E-state index in [1.807, 2.05) is 59.7 Å². The van der Waals surface area contributed by atoms with E-state index < -0.39 is 0 Å². The molecule has 0 spiro atoms. The van der Waals surface area contributed by atoms with Crippen molar-refractivity contribution < 1.29 is 13.9 Å². The fourth-order valence-corrected chi connectivity index (χ4v) is 3.10. The van der Waals surface area contributed by atoms with Gasteiger partial charge in [-0.25, -0.2) is 0 Å². The smallest absolute Gasteiger partial charge is 0.291 e. The van der Waals surface area contributed by atoms with Gasteiger partial charge in [0.25, 0.3) is 5.91 Å². The molecule has 0 fully saturated rings. The van der Waals surface area contributed by atoms with Crippen molar-refractivity contribution >= 4 is 38.9 Å². The molecule has 1 amide bonds. The van der Waals surface area contributed by atoms with Crippen molar-refractivity contribution in [3.8, 4) is 5.75 Å². The van der Waals surface area contributed by atoms with Crippen molar-refractivity contribution in [2.75, 3.05) is 17.4 Å². The van der Waals surface area contributed by atoms with Crippen molar-refractivity contribution in [2.24, 2.45) is 0 Å². The number of carbonyl (C=O) groups is 1. The molecular formula is C20H17BrN4O3. The maximum absolute atomic E-state index is 12.2. The molecule has 3 aromatic rings. The maximum atomic E-state index is 12.2. The van der Waals surface area contributed by atoms with E-state index in [0.717, 1.165) is 22.7 Å². The lowest BCUT2D eigenvalue weighted by Gasteiger charge is -2.22. The van der Waals surface area contributed by atoms with Crippen LogP contribution in [0.3, 0.4) is 0 Å². The van der Waals surface area contributed by atoms with Crippen LogP contribution in [-0.2, 0) is 0 Å². The molecule has 1 aliphatic rings. The highest BCUT2D eigenvalue weighted by Gasteiger charge is 2.19. The largest absolute Gasteiger partial charge is 0.497 e. The minimum atomic E-state index is -0.307. The Bertz CT molecular complexity index is 1010. The number of hydrogen-bond donors (Lipinski definition) is 3. The number of methoxy groups -OCH3 is 1. The zero-order chi connectivity index (χ0) is 19.5. The molecule has 3 N–H and O–H groups in total. The van der Waals surface area contributed by atoms with Crippen molar-refractivity contribution in [2.45, 2.75) is 0 Å². The van der Waals surface area contributed by atoms with Crippen LogP contribution in [0, 0.1) is 0 Å². The second kappa shape index (κ2) is 7.79. The molecule has 0 saturated heterocycles. The van der Waals surface area contributed by atoms with Crippen LogP contribution in [0.5, 0.6) is 5.75 Å². The van der Waals surface area contributed by atoms with Crippen LogP contribution in [0.15, 0.2) is 76.0 Å². The number of furan rings is 1. The highest BCUT2D eigenvalue weighted by Crippen LogP contribution is 2.28. The predicted molar refractivity (Wildman–Crippen MR) is 111 cm³/mol. The number of nitrogens with zero attached hydrogens (tertiary/aromatic N) is 1. The Morgan fingerprint density at radius 2 is 1.82 bits per heavy atom. The SMILES string of the molecule is COc1ccc(C2=CNNN2c2ccc(NC(=O)c3ccc(Br)o3)cc2)cc1. The van der Waals surface area contributed by atoms with Crippen molar-refractivity contribution in [3.63, 3.8) is 0 Å². The molecular weight excluding hydrogens is 424 g/mol. The Hall–Kier alpha value is -3.23. The molecule has 0 bridgehead atoms. The van der Waals surface area contributed by atoms with Gasteiger partial charge >= 0.3 is 0 Å². The molecule has 4 rings (SSSR count). The van der Waals surface area contributed by atoms with Crippen LogP contribution in [0.1, 0.15) is 16.1 Å². The van der Waals surface area contributed by atoms with Crippen LogP contribution >= 0.6 is 15.9 Å².